The smallest absolute Gasteiger partial charge is 0.336 e. The minimum atomic E-state index is -0.697. The van der Waals surface area contributed by atoms with Crippen LogP contribution < -0.4 is 5.32 Å². The van der Waals surface area contributed by atoms with Gasteiger partial charge in [0.2, 0.25) is 0 Å². The Morgan fingerprint density at radius 3 is 2.07 bits per heavy atom. The van der Waals surface area contributed by atoms with E-state index in [1.807, 2.05) is 30.3 Å². The highest BCUT2D eigenvalue weighted by molar-refractivity contribution is 6.00. The summed E-state index contributed by atoms with van der Waals surface area (Å²) in [6.07, 6.45) is 0. The Labute approximate surface area is 157 Å². The molecule has 6 nitrogen and oxygen atoms in total. The molecule has 1 N–H and O–H groups in total. The molecule has 6 heteroatoms. The van der Waals surface area contributed by atoms with Crippen LogP contribution in [0, 0.1) is 0 Å². The standard InChI is InChI=1S/C21H23NO5/c1-5-25-20(23)17-12(3)22-13(4)18(21(24)26-6-2)19(17)16-11-14-9-7-8-10-15(14)27-16/h7-11,19,22H,5-6H2,1-4H3. The lowest BCUT2D eigenvalue weighted by Gasteiger charge is -2.28. The number of carbonyl (C=O) groups excluding carboxylic acids is 2. The number of nitrogens with one attached hydrogen (secondary N) is 1. The number of fused-ring (bicyclic) bond motifs is 1. The number of carbonyl (C=O) groups is 2. The molecule has 3 rings (SSSR count). The lowest BCUT2D eigenvalue weighted by molar-refractivity contribution is -0.139. The van der Waals surface area contributed by atoms with E-state index in [0.29, 0.717) is 33.9 Å². The van der Waals surface area contributed by atoms with Crippen molar-refractivity contribution in [2.45, 2.75) is 33.6 Å². The number of allylic oxidation sites excluding steroid dienone is 2. The summed E-state index contributed by atoms with van der Waals surface area (Å²) in [7, 11) is 0. The average molecular weight is 369 g/mol. The van der Waals surface area contributed by atoms with Crippen LogP contribution >= 0.6 is 0 Å². The molecular weight excluding hydrogens is 346 g/mol. The minimum absolute atomic E-state index is 0.236. The number of furan rings is 1. The Hall–Kier alpha value is -3.02. The first kappa shape index (κ1) is 18.8. The maximum absolute atomic E-state index is 12.7. The maximum Gasteiger partial charge on any atom is 0.336 e. The molecule has 0 amide bonds. The van der Waals surface area contributed by atoms with Gasteiger partial charge in [-0.3, -0.25) is 0 Å². The second-order valence-corrected chi connectivity index (χ2v) is 6.26. The fraction of sp³-hybridized carbons (Fsp3) is 0.333. The predicted octanol–water partition coefficient (Wildman–Crippen LogP) is 3.79. The summed E-state index contributed by atoms with van der Waals surface area (Å²) >= 11 is 0. The highest BCUT2D eigenvalue weighted by Crippen LogP contribution is 2.41. The van der Waals surface area contributed by atoms with Gasteiger partial charge in [-0.15, -0.1) is 0 Å². The zero-order valence-electron chi connectivity index (χ0n) is 15.9. The van der Waals surface area contributed by atoms with Gasteiger partial charge in [0, 0.05) is 16.8 Å². The maximum atomic E-state index is 12.7. The molecule has 2 heterocycles. The van der Waals surface area contributed by atoms with Crippen molar-refractivity contribution in [3.05, 3.63) is 58.6 Å². The van der Waals surface area contributed by atoms with E-state index < -0.39 is 17.9 Å². The molecule has 1 aromatic carbocycles. The molecule has 27 heavy (non-hydrogen) atoms. The Morgan fingerprint density at radius 2 is 1.56 bits per heavy atom. The minimum Gasteiger partial charge on any atom is -0.463 e. The SMILES string of the molecule is CCOC(=O)C1=C(C)NC(C)=C(C(=O)OCC)C1c1cc2ccccc2o1. The van der Waals surface area contributed by atoms with E-state index >= 15 is 0 Å². The van der Waals surface area contributed by atoms with E-state index in [1.165, 1.54) is 0 Å². The van der Waals surface area contributed by atoms with Gasteiger partial charge in [-0.2, -0.15) is 0 Å². The third-order valence-corrected chi connectivity index (χ3v) is 4.48. The van der Waals surface area contributed by atoms with Crippen molar-refractivity contribution in [1.82, 2.24) is 5.32 Å². The van der Waals surface area contributed by atoms with Gasteiger partial charge in [0.1, 0.15) is 11.3 Å². The molecule has 0 bridgehead atoms. The molecular formula is C21H23NO5. The van der Waals surface area contributed by atoms with Crippen molar-refractivity contribution in [1.29, 1.82) is 0 Å². The number of esters is 2. The van der Waals surface area contributed by atoms with Crippen LogP contribution in [-0.2, 0) is 19.1 Å². The molecule has 1 aliphatic heterocycles. The van der Waals surface area contributed by atoms with Crippen LogP contribution in [0.1, 0.15) is 39.4 Å². The van der Waals surface area contributed by atoms with Crippen molar-refractivity contribution >= 4 is 22.9 Å². The molecule has 0 unspecified atom stereocenters. The predicted molar refractivity (Wildman–Crippen MR) is 101 cm³/mol. The van der Waals surface area contributed by atoms with Crippen molar-refractivity contribution < 1.29 is 23.5 Å². The molecule has 1 aliphatic rings. The highest BCUT2D eigenvalue weighted by Gasteiger charge is 2.39. The molecule has 0 spiro atoms. The van der Waals surface area contributed by atoms with Gasteiger partial charge in [-0.1, -0.05) is 18.2 Å². The first-order chi connectivity index (χ1) is 13.0. The second kappa shape index (κ2) is 7.70. The van der Waals surface area contributed by atoms with Crippen LogP contribution in [0.15, 0.2) is 57.3 Å². The Morgan fingerprint density at radius 1 is 1.00 bits per heavy atom. The topological polar surface area (TPSA) is 77.8 Å². The normalized spacial score (nSPS) is 15.1. The van der Waals surface area contributed by atoms with Gasteiger partial charge in [-0.25, -0.2) is 9.59 Å². The lowest BCUT2D eigenvalue weighted by atomic mass is 9.83. The first-order valence-corrected chi connectivity index (χ1v) is 8.99. The summed E-state index contributed by atoms with van der Waals surface area (Å²) < 4.78 is 16.5. The van der Waals surface area contributed by atoms with Crippen molar-refractivity contribution in [3.8, 4) is 0 Å². The number of hydrogen-bond acceptors (Lipinski definition) is 6. The van der Waals surface area contributed by atoms with Crippen LogP contribution in [0.3, 0.4) is 0 Å². The first-order valence-electron chi connectivity index (χ1n) is 8.99. The van der Waals surface area contributed by atoms with E-state index in [-0.39, 0.29) is 13.2 Å². The quantitative estimate of drug-likeness (QED) is 0.808. The second-order valence-electron chi connectivity index (χ2n) is 6.26. The fourth-order valence-electron chi connectivity index (χ4n) is 3.38. The van der Waals surface area contributed by atoms with E-state index in [2.05, 4.69) is 5.32 Å². The van der Waals surface area contributed by atoms with Gasteiger partial charge in [0.05, 0.1) is 30.3 Å². The van der Waals surface area contributed by atoms with Crippen LogP contribution in [0.25, 0.3) is 11.0 Å². The molecule has 0 saturated carbocycles. The number of hydrogen-bond donors (Lipinski definition) is 1. The molecule has 142 valence electrons. The fourth-order valence-corrected chi connectivity index (χ4v) is 3.38. The summed E-state index contributed by atoms with van der Waals surface area (Å²) in [4.78, 5) is 25.4. The summed E-state index contributed by atoms with van der Waals surface area (Å²) in [6, 6.07) is 9.40. The van der Waals surface area contributed by atoms with Gasteiger partial charge in [0.15, 0.2) is 0 Å². The lowest BCUT2D eigenvalue weighted by Crippen LogP contribution is -2.32. The molecule has 0 atom stereocenters. The van der Waals surface area contributed by atoms with Gasteiger partial charge in [0.25, 0.3) is 0 Å². The summed E-state index contributed by atoms with van der Waals surface area (Å²) in [5.41, 5.74) is 2.65. The molecule has 0 saturated heterocycles. The summed E-state index contributed by atoms with van der Waals surface area (Å²) in [5.74, 6) is -1.16. The molecule has 2 aromatic rings. The number of benzene rings is 1. The van der Waals surface area contributed by atoms with E-state index in [0.717, 1.165) is 5.39 Å². The van der Waals surface area contributed by atoms with Crippen molar-refractivity contribution in [2.75, 3.05) is 13.2 Å². The van der Waals surface area contributed by atoms with Crippen molar-refractivity contribution in [2.24, 2.45) is 0 Å². The molecule has 0 fully saturated rings. The van der Waals surface area contributed by atoms with E-state index in [4.69, 9.17) is 13.9 Å². The van der Waals surface area contributed by atoms with Gasteiger partial charge < -0.3 is 19.2 Å². The zero-order chi connectivity index (χ0) is 19.6. The molecule has 0 radical (unpaired) electrons. The van der Waals surface area contributed by atoms with E-state index in [1.54, 1.807) is 27.7 Å². The third-order valence-electron chi connectivity index (χ3n) is 4.48. The molecule has 1 aromatic heterocycles. The number of rotatable bonds is 5. The largest absolute Gasteiger partial charge is 0.463 e. The number of ether oxygens (including phenoxy) is 2. The Balaban J connectivity index is 2.19. The highest BCUT2D eigenvalue weighted by atomic mass is 16.5. The van der Waals surface area contributed by atoms with Crippen LogP contribution in [0.4, 0.5) is 0 Å². The number of dihydropyridines is 1. The zero-order valence-corrected chi connectivity index (χ0v) is 15.9. The third kappa shape index (κ3) is 3.47. The van der Waals surface area contributed by atoms with Gasteiger partial charge >= 0.3 is 11.9 Å². The van der Waals surface area contributed by atoms with Gasteiger partial charge in [-0.05, 0) is 39.8 Å². The number of para-hydroxylation sites is 1. The van der Waals surface area contributed by atoms with Crippen LogP contribution in [0.5, 0.6) is 0 Å². The van der Waals surface area contributed by atoms with Crippen molar-refractivity contribution in [3.63, 3.8) is 0 Å². The Kier molecular flexibility index (Phi) is 5.35. The average Bonchev–Trinajstić information content (AvgIpc) is 3.05. The summed E-state index contributed by atoms with van der Waals surface area (Å²) in [6.45, 7) is 7.53. The monoisotopic (exact) mass is 369 g/mol. The molecule has 0 aliphatic carbocycles. The van der Waals surface area contributed by atoms with Crippen LogP contribution in [0.2, 0.25) is 0 Å². The van der Waals surface area contributed by atoms with E-state index in [9.17, 15) is 9.59 Å². The summed E-state index contributed by atoms with van der Waals surface area (Å²) in [5, 5.41) is 4.00. The Bertz CT molecular complexity index is 877. The van der Waals surface area contributed by atoms with Crippen LogP contribution in [-0.4, -0.2) is 25.2 Å².